The predicted molar refractivity (Wildman–Crippen MR) is 63.8 cm³/mol. The molecule has 2 N–H and O–H groups in total. The summed E-state index contributed by atoms with van der Waals surface area (Å²) >= 11 is 0. The van der Waals surface area contributed by atoms with Gasteiger partial charge in [-0.05, 0) is 32.2 Å². The van der Waals surface area contributed by atoms with Crippen molar-refractivity contribution in [3.05, 3.63) is 0 Å². The summed E-state index contributed by atoms with van der Waals surface area (Å²) in [4.78, 5) is 2.31. The first-order valence-corrected chi connectivity index (χ1v) is 7.71. The van der Waals surface area contributed by atoms with E-state index in [1.165, 1.54) is 19.1 Å². The van der Waals surface area contributed by atoms with E-state index in [1.54, 1.807) is 0 Å². The van der Waals surface area contributed by atoms with Crippen molar-refractivity contribution >= 4 is 10.0 Å². The van der Waals surface area contributed by atoms with Crippen molar-refractivity contribution in [1.82, 2.24) is 9.62 Å². The molecular weight excluding hydrogens is 228 g/mol. The zero-order valence-electron chi connectivity index (χ0n) is 9.85. The van der Waals surface area contributed by atoms with Gasteiger partial charge in [-0.3, -0.25) is 4.90 Å². The van der Waals surface area contributed by atoms with Gasteiger partial charge < -0.3 is 5.11 Å². The molecular formula is C10H22N2O3S. The largest absolute Gasteiger partial charge is 0.396 e. The van der Waals surface area contributed by atoms with Gasteiger partial charge in [0.15, 0.2) is 0 Å². The van der Waals surface area contributed by atoms with Crippen LogP contribution < -0.4 is 4.72 Å². The van der Waals surface area contributed by atoms with Gasteiger partial charge >= 0.3 is 0 Å². The van der Waals surface area contributed by atoms with Crippen LogP contribution in [-0.4, -0.2) is 57.0 Å². The smallest absolute Gasteiger partial charge is 0.208 e. The average Bonchev–Trinajstić information content (AvgIpc) is 2.60. The van der Waals surface area contributed by atoms with Gasteiger partial charge in [0.2, 0.25) is 10.0 Å². The van der Waals surface area contributed by atoms with Gasteiger partial charge in [-0.25, -0.2) is 13.1 Å². The summed E-state index contributed by atoms with van der Waals surface area (Å²) in [5.41, 5.74) is 0. The Morgan fingerprint density at radius 2 is 2.25 bits per heavy atom. The molecule has 0 spiro atoms. The van der Waals surface area contributed by atoms with Crippen molar-refractivity contribution in [2.24, 2.45) is 0 Å². The Balaban J connectivity index is 2.24. The molecule has 16 heavy (non-hydrogen) atoms. The quantitative estimate of drug-likeness (QED) is 0.655. The Bertz CT molecular complexity index is 292. The second-order valence-corrected chi connectivity index (χ2v) is 6.20. The molecule has 0 saturated carbocycles. The maximum atomic E-state index is 10.9. The van der Waals surface area contributed by atoms with Gasteiger partial charge in [-0.15, -0.1) is 0 Å². The number of aliphatic hydroxyl groups is 1. The lowest BCUT2D eigenvalue weighted by atomic mass is 10.1. The van der Waals surface area contributed by atoms with Gasteiger partial charge in [-0.2, -0.15) is 0 Å². The monoisotopic (exact) mass is 250 g/mol. The molecule has 1 fully saturated rings. The van der Waals surface area contributed by atoms with Crippen LogP contribution >= 0.6 is 0 Å². The summed E-state index contributed by atoms with van der Waals surface area (Å²) in [5.74, 6) is 0. The molecule has 1 heterocycles. The molecule has 0 aliphatic carbocycles. The van der Waals surface area contributed by atoms with Gasteiger partial charge in [-0.1, -0.05) is 0 Å². The first-order valence-electron chi connectivity index (χ1n) is 5.82. The van der Waals surface area contributed by atoms with E-state index in [4.69, 9.17) is 5.11 Å². The highest BCUT2D eigenvalue weighted by Crippen LogP contribution is 2.20. The molecule has 96 valence electrons. The van der Waals surface area contributed by atoms with E-state index < -0.39 is 10.0 Å². The minimum Gasteiger partial charge on any atom is -0.396 e. The Labute approximate surface area is 97.9 Å². The molecule has 0 radical (unpaired) electrons. The number of rotatable bonds is 7. The lowest BCUT2D eigenvalue weighted by Crippen LogP contribution is -2.37. The van der Waals surface area contributed by atoms with Crippen LogP contribution in [0.4, 0.5) is 0 Å². The molecule has 0 amide bonds. The minimum absolute atomic E-state index is 0.242. The van der Waals surface area contributed by atoms with Crippen molar-refractivity contribution in [1.29, 1.82) is 0 Å². The van der Waals surface area contributed by atoms with Crippen LogP contribution in [0.2, 0.25) is 0 Å². The van der Waals surface area contributed by atoms with Gasteiger partial charge in [0.1, 0.15) is 0 Å². The summed E-state index contributed by atoms with van der Waals surface area (Å²) in [6.07, 6.45) is 5.37. The summed E-state index contributed by atoms with van der Waals surface area (Å²) in [5, 5.41) is 8.79. The number of sulfonamides is 1. The fourth-order valence-electron chi connectivity index (χ4n) is 2.22. The molecule has 1 saturated heterocycles. The fraction of sp³-hybridized carbons (Fsp3) is 1.00. The van der Waals surface area contributed by atoms with E-state index in [1.807, 2.05) is 0 Å². The molecule has 0 bridgehead atoms. The Morgan fingerprint density at radius 3 is 2.88 bits per heavy atom. The Morgan fingerprint density at radius 1 is 1.50 bits per heavy atom. The lowest BCUT2D eigenvalue weighted by molar-refractivity contribution is 0.219. The van der Waals surface area contributed by atoms with Crippen LogP contribution in [0.3, 0.4) is 0 Å². The van der Waals surface area contributed by atoms with Crippen molar-refractivity contribution in [3.63, 3.8) is 0 Å². The van der Waals surface area contributed by atoms with E-state index in [-0.39, 0.29) is 6.61 Å². The van der Waals surface area contributed by atoms with Crippen LogP contribution in [0.15, 0.2) is 0 Å². The summed E-state index contributed by atoms with van der Waals surface area (Å²) in [6, 6.07) is 0.522. The van der Waals surface area contributed by atoms with E-state index in [0.29, 0.717) is 12.6 Å². The van der Waals surface area contributed by atoms with Crippen LogP contribution in [0.1, 0.15) is 25.7 Å². The number of aliphatic hydroxyl groups excluding tert-OH is 1. The molecule has 1 aliphatic rings. The highest BCUT2D eigenvalue weighted by Gasteiger charge is 2.23. The zero-order valence-corrected chi connectivity index (χ0v) is 10.7. The van der Waals surface area contributed by atoms with E-state index in [9.17, 15) is 8.42 Å². The summed E-state index contributed by atoms with van der Waals surface area (Å²) < 4.78 is 24.3. The van der Waals surface area contributed by atoms with Crippen LogP contribution in [0.25, 0.3) is 0 Å². The predicted octanol–water partition coefficient (Wildman–Crippen LogP) is -0.227. The topological polar surface area (TPSA) is 69.6 Å². The first-order chi connectivity index (χ1) is 7.53. The summed E-state index contributed by atoms with van der Waals surface area (Å²) in [7, 11) is -3.07. The normalized spacial score (nSPS) is 22.8. The molecule has 1 rings (SSSR count). The van der Waals surface area contributed by atoms with Crippen molar-refractivity contribution in [2.45, 2.75) is 31.7 Å². The van der Waals surface area contributed by atoms with E-state index in [2.05, 4.69) is 9.62 Å². The van der Waals surface area contributed by atoms with E-state index >= 15 is 0 Å². The minimum atomic E-state index is -3.07. The fourth-order valence-corrected chi connectivity index (χ4v) is 2.68. The molecule has 0 aromatic heterocycles. The third-order valence-corrected chi connectivity index (χ3v) is 3.69. The van der Waals surface area contributed by atoms with Gasteiger partial charge in [0, 0.05) is 25.7 Å². The van der Waals surface area contributed by atoms with Crippen molar-refractivity contribution < 1.29 is 13.5 Å². The number of nitrogens with one attached hydrogen (secondary N) is 1. The highest BCUT2D eigenvalue weighted by atomic mass is 32.2. The van der Waals surface area contributed by atoms with E-state index in [0.717, 1.165) is 25.9 Å². The van der Waals surface area contributed by atoms with Crippen molar-refractivity contribution in [2.75, 3.05) is 32.5 Å². The molecule has 6 heteroatoms. The third kappa shape index (κ3) is 5.25. The van der Waals surface area contributed by atoms with Crippen LogP contribution in [-0.2, 0) is 10.0 Å². The molecule has 1 atom stereocenters. The SMILES string of the molecule is CS(=O)(=O)NCCN1CCCC1CCCO. The van der Waals surface area contributed by atoms with Gasteiger partial charge in [0.25, 0.3) is 0 Å². The van der Waals surface area contributed by atoms with Gasteiger partial charge in [0.05, 0.1) is 6.26 Å². The number of hydrogen-bond acceptors (Lipinski definition) is 4. The first kappa shape index (κ1) is 13.9. The zero-order chi connectivity index (χ0) is 12.0. The maximum absolute atomic E-state index is 10.9. The number of hydrogen-bond donors (Lipinski definition) is 2. The molecule has 5 nitrogen and oxygen atoms in total. The molecule has 0 aromatic carbocycles. The third-order valence-electron chi connectivity index (χ3n) is 2.96. The average molecular weight is 250 g/mol. The standard InChI is InChI=1S/C10H22N2O3S/c1-16(14,15)11-6-8-12-7-2-4-10(12)5-3-9-13/h10-11,13H,2-9H2,1H3. The number of likely N-dealkylation sites (tertiary alicyclic amines) is 1. The highest BCUT2D eigenvalue weighted by molar-refractivity contribution is 7.88. The Hall–Kier alpha value is -0.170. The number of nitrogens with zero attached hydrogens (tertiary/aromatic N) is 1. The maximum Gasteiger partial charge on any atom is 0.208 e. The lowest BCUT2D eigenvalue weighted by Gasteiger charge is -2.24. The Kier molecular flexibility index (Phi) is 5.68. The van der Waals surface area contributed by atoms with Crippen molar-refractivity contribution in [3.8, 4) is 0 Å². The second kappa shape index (κ2) is 6.54. The molecule has 1 unspecified atom stereocenters. The van der Waals surface area contributed by atoms with Crippen LogP contribution in [0.5, 0.6) is 0 Å². The molecule has 0 aromatic rings. The van der Waals surface area contributed by atoms with Crippen LogP contribution in [0, 0.1) is 0 Å². The summed E-state index contributed by atoms with van der Waals surface area (Å²) in [6.45, 7) is 2.53. The second-order valence-electron chi connectivity index (χ2n) is 4.36. The molecule has 1 aliphatic heterocycles.